The molecule has 2 aliphatic rings. The molecular formula is C34H45BrN4O6. The van der Waals surface area contributed by atoms with Gasteiger partial charge < -0.3 is 34.6 Å². The molecule has 4 atom stereocenters. The summed E-state index contributed by atoms with van der Waals surface area (Å²) in [6.45, 7) is 13.1. The number of aliphatic hydroxyl groups excluding tert-OH is 3. The minimum atomic E-state index is -1.47. The molecule has 10 nitrogen and oxygen atoms in total. The zero-order valence-electron chi connectivity index (χ0n) is 27.1. The first-order valence-electron chi connectivity index (χ1n) is 15.2. The van der Waals surface area contributed by atoms with Crippen molar-refractivity contribution in [3.05, 3.63) is 75.1 Å². The van der Waals surface area contributed by atoms with Crippen molar-refractivity contribution in [3.8, 4) is 11.5 Å². The standard InChI is InChI=1S/C27H37N3O6.C7H8BrN/c1-16-6-9-25(28-17(16)2)29-11-20(12-29)36-24-10-19(7-8-23(24)35-5)21-13-30(26(34)22(33)14-31)15-27(21,4)18(3)32;1-5-3-4-7(8)9-6(5)2/h6-10,18,20-22,31-33H,11-15H2,1-5H3;3-4H,1-2H3/t18-,21+,22+,27+;/m1./s1. The van der Waals surface area contributed by atoms with Gasteiger partial charge in [-0.2, -0.15) is 0 Å². The van der Waals surface area contributed by atoms with Crippen LogP contribution in [0.2, 0.25) is 0 Å². The average Bonchev–Trinajstić information content (AvgIpc) is 3.36. The summed E-state index contributed by atoms with van der Waals surface area (Å²) in [5.74, 6) is 1.43. The van der Waals surface area contributed by atoms with Crippen LogP contribution in [0.15, 0.2) is 47.1 Å². The van der Waals surface area contributed by atoms with Crippen molar-refractivity contribution in [1.29, 1.82) is 0 Å². The Labute approximate surface area is 274 Å². The van der Waals surface area contributed by atoms with E-state index < -0.39 is 30.1 Å². The molecule has 2 aliphatic heterocycles. The normalized spacial score (nSPS) is 21.0. The highest BCUT2D eigenvalue weighted by Crippen LogP contribution is 2.47. The largest absolute Gasteiger partial charge is 0.493 e. The fourth-order valence-electron chi connectivity index (χ4n) is 5.66. The summed E-state index contributed by atoms with van der Waals surface area (Å²) in [6.07, 6.45) is -2.20. The summed E-state index contributed by atoms with van der Waals surface area (Å²) in [5.41, 5.74) is 4.77. The molecule has 5 rings (SSSR count). The van der Waals surface area contributed by atoms with Crippen LogP contribution in [0, 0.1) is 33.1 Å². The van der Waals surface area contributed by atoms with Crippen LogP contribution in [-0.4, -0.2) is 94.3 Å². The zero-order chi connectivity index (χ0) is 33.1. The summed E-state index contributed by atoms with van der Waals surface area (Å²) in [4.78, 5) is 25.1. The first kappa shape index (κ1) is 34.6. The number of aliphatic hydroxyl groups is 3. The van der Waals surface area contributed by atoms with Gasteiger partial charge in [0.05, 0.1) is 32.9 Å². The van der Waals surface area contributed by atoms with Crippen LogP contribution >= 0.6 is 15.9 Å². The molecule has 0 saturated carbocycles. The van der Waals surface area contributed by atoms with Gasteiger partial charge in [-0.05, 0) is 91.5 Å². The summed E-state index contributed by atoms with van der Waals surface area (Å²) < 4.78 is 12.8. The highest BCUT2D eigenvalue weighted by atomic mass is 79.9. The molecule has 45 heavy (non-hydrogen) atoms. The molecular weight excluding hydrogens is 640 g/mol. The lowest BCUT2D eigenvalue weighted by molar-refractivity contribution is -0.141. The maximum atomic E-state index is 12.6. The number of halogens is 1. The Bertz CT molecular complexity index is 1500. The summed E-state index contributed by atoms with van der Waals surface area (Å²) in [7, 11) is 1.60. The van der Waals surface area contributed by atoms with E-state index in [1.165, 1.54) is 10.5 Å². The second-order valence-electron chi connectivity index (χ2n) is 12.3. The second-order valence-corrected chi connectivity index (χ2v) is 13.1. The second kappa shape index (κ2) is 14.5. The first-order valence-corrected chi connectivity index (χ1v) is 16.0. The SMILES string of the molecule is COc1ccc([C@@H]2CN(C(=O)[C@@H](O)CO)C[C@@]2(C)[C@@H](C)O)cc1OC1CN(c2ccc(C)c(C)n2)C1.Cc1ccc(Br)nc1C. The number of rotatable bonds is 8. The number of anilines is 1. The highest BCUT2D eigenvalue weighted by molar-refractivity contribution is 9.10. The van der Waals surface area contributed by atoms with Crippen molar-refractivity contribution < 1.29 is 29.6 Å². The molecule has 0 aliphatic carbocycles. The molecule has 3 N–H and O–H groups in total. The first-order chi connectivity index (χ1) is 21.3. The van der Waals surface area contributed by atoms with Crippen molar-refractivity contribution in [2.24, 2.45) is 5.41 Å². The Morgan fingerprint density at radius 1 is 1.00 bits per heavy atom. The number of hydrogen-bond acceptors (Lipinski definition) is 9. The summed E-state index contributed by atoms with van der Waals surface area (Å²) in [5, 5.41) is 29.8. The van der Waals surface area contributed by atoms with E-state index in [9.17, 15) is 20.1 Å². The third kappa shape index (κ3) is 7.77. The third-order valence-corrected chi connectivity index (χ3v) is 9.60. The van der Waals surface area contributed by atoms with Gasteiger partial charge in [0.25, 0.3) is 5.91 Å². The lowest BCUT2D eigenvalue weighted by Crippen LogP contribution is -2.54. The minimum Gasteiger partial charge on any atom is -0.493 e. The molecule has 0 bridgehead atoms. The van der Waals surface area contributed by atoms with Gasteiger partial charge in [0.15, 0.2) is 17.6 Å². The molecule has 1 amide bonds. The molecule has 0 unspecified atom stereocenters. The van der Waals surface area contributed by atoms with E-state index in [1.807, 2.05) is 64.1 Å². The fourth-order valence-corrected chi connectivity index (χ4v) is 6.05. The molecule has 11 heteroatoms. The van der Waals surface area contributed by atoms with Crippen molar-refractivity contribution in [1.82, 2.24) is 14.9 Å². The Hall–Kier alpha value is -3.25. The van der Waals surface area contributed by atoms with Crippen LogP contribution < -0.4 is 14.4 Å². The van der Waals surface area contributed by atoms with Crippen molar-refractivity contribution in [2.45, 2.75) is 65.8 Å². The predicted molar refractivity (Wildman–Crippen MR) is 177 cm³/mol. The monoisotopic (exact) mass is 684 g/mol. The number of aryl methyl sites for hydroxylation is 4. The number of hydrogen-bond donors (Lipinski definition) is 3. The number of aromatic nitrogens is 2. The van der Waals surface area contributed by atoms with Crippen LogP contribution in [0.25, 0.3) is 0 Å². The van der Waals surface area contributed by atoms with Gasteiger partial charge in [0.1, 0.15) is 16.5 Å². The molecule has 3 aromatic rings. The number of carbonyl (C=O) groups excluding carboxylic acids is 1. The third-order valence-electron chi connectivity index (χ3n) is 9.16. The average molecular weight is 686 g/mol. The van der Waals surface area contributed by atoms with Gasteiger partial charge >= 0.3 is 0 Å². The van der Waals surface area contributed by atoms with Crippen molar-refractivity contribution in [2.75, 3.05) is 44.8 Å². The van der Waals surface area contributed by atoms with E-state index >= 15 is 0 Å². The highest BCUT2D eigenvalue weighted by Gasteiger charge is 2.49. The van der Waals surface area contributed by atoms with Gasteiger partial charge in [0.2, 0.25) is 0 Å². The van der Waals surface area contributed by atoms with E-state index in [4.69, 9.17) is 9.47 Å². The molecule has 0 spiro atoms. The summed E-state index contributed by atoms with van der Waals surface area (Å²) in [6, 6.07) is 13.8. The minimum absolute atomic E-state index is 0.0259. The molecule has 244 valence electrons. The maximum absolute atomic E-state index is 12.6. The van der Waals surface area contributed by atoms with E-state index in [-0.39, 0.29) is 18.6 Å². The van der Waals surface area contributed by atoms with Gasteiger partial charge in [-0.1, -0.05) is 25.1 Å². The number of likely N-dealkylation sites (tertiary alicyclic amines) is 1. The molecule has 2 fully saturated rings. The van der Waals surface area contributed by atoms with Crippen LogP contribution in [-0.2, 0) is 4.79 Å². The van der Waals surface area contributed by atoms with Crippen LogP contribution in [0.1, 0.15) is 47.8 Å². The number of nitrogens with zero attached hydrogens (tertiary/aromatic N) is 4. The zero-order valence-corrected chi connectivity index (χ0v) is 28.7. The van der Waals surface area contributed by atoms with Gasteiger partial charge in [-0.3, -0.25) is 4.79 Å². The Morgan fingerprint density at radius 3 is 2.20 bits per heavy atom. The molecule has 4 heterocycles. The van der Waals surface area contributed by atoms with Gasteiger partial charge in [0, 0.05) is 35.8 Å². The molecule has 1 aromatic carbocycles. The van der Waals surface area contributed by atoms with Crippen molar-refractivity contribution in [3.63, 3.8) is 0 Å². The van der Waals surface area contributed by atoms with E-state index in [0.717, 1.165) is 32.9 Å². The quantitative estimate of drug-likeness (QED) is 0.301. The Balaban J connectivity index is 0.000000440. The Morgan fingerprint density at radius 2 is 1.64 bits per heavy atom. The van der Waals surface area contributed by atoms with E-state index in [1.54, 1.807) is 14.0 Å². The predicted octanol–water partition coefficient (Wildman–Crippen LogP) is 4.10. The number of carbonyl (C=O) groups is 1. The number of methoxy groups -OCH3 is 1. The molecule has 2 saturated heterocycles. The lowest BCUT2D eigenvalue weighted by Gasteiger charge is -2.40. The molecule has 2 aromatic heterocycles. The van der Waals surface area contributed by atoms with E-state index in [2.05, 4.69) is 43.8 Å². The van der Waals surface area contributed by atoms with Crippen molar-refractivity contribution >= 4 is 27.7 Å². The Kier molecular flexibility index (Phi) is 11.1. The van der Waals surface area contributed by atoms with Crippen LogP contribution in [0.4, 0.5) is 5.82 Å². The number of ether oxygens (including phenoxy) is 2. The fraction of sp³-hybridized carbons (Fsp3) is 0.500. The maximum Gasteiger partial charge on any atom is 0.253 e. The topological polar surface area (TPSA) is 128 Å². The van der Waals surface area contributed by atoms with Crippen LogP contribution in [0.3, 0.4) is 0 Å². The smallest absolute Gasteiger partial charge is 0.253 e. The van der Waals surface area contributed by atoms with Gasteiger partial charge in [-0.25, -0.2) is 9.97 Å². The van der Waals surface area contributed by atoms with E-state index in [0.29, 0.717) is 31.1 Å². The molecule has 0 radical (unpaired) electrons. The summed E-state index contributed by atoms with van der Waals surface area (Å²) >= 11 is 3.29. The van der Waals surface area contributed by atoms with Crippen LogP contribution in [0.5, 0.6) is 11.5 Å². The lowest BCUT2D eigenvalue weighted by atomic mass is 9.72. The number of amides is 1. The van der Waals surface area contributed by atoms with Gasteiger partial charge in [-0.15, -0.1) is 0 Å². The number of benzene rings is 1. The number of pyridine rings is 2.